The molecule has 21 heavy (non-hydrogen) atoms. The first-order valence-corrected chi connectivity index (χ1v) is 7.91. The standard InChI is InChI=1S/C13H17NO6S/c1-3-20-12(15)7-8-21(18,19)14-11-6-4-5-10(9(11)2)13(16)17/h4-6,14H,3,7-8H2,1-2H3,(H,16,17). The van der Waals surface area contributed by atoms with E-state index in [4.69, 9.17) is 5.11 Å². The van der Waals surface area contributed by atoms with Gasteiger partial charge in [-0.2, -0.15) is 0 Å². The molecular formula is C13H17NO6S. The zero-order valence-corrected chi connectivity index (χ0v) is 12.6. The largest absolute Gasteiger partial charge is 0.478 e. The molecule has 0 aliphatic carbocycles. The number of aromatic carboxylic acids is 1. The summed E-state index contributed by atoms with van der Waals surface area (Å²) in [6.45, 7) is 3.32. The van der Waals surface area contributed by atoms with Crippen molar-refractivity contribution in [1.29, 1.82) is 0 Å². The lowest BCUT2D eigenvalue weighted by atomic mass is 10.1. The fourth-order valence-corrected chi connectivity index (χ4v) is 2.74. The minimum Gasteiger partial charge on any atom is -0.478 e. The third-order valence-corrected chi connectivity index (χ3v) is 3.98. The van der Waals surface area contributed by atoms with Gasteiger partial charge in [0, 0.05) is 0 Å². The normalized spacial score (nSPS) is 11.0. The maximum atomic E-state index is 11.9. The number of nitrogens with one attached hydrogen (secondary N) is 1. The van der Waals surface area contributed by atoms with Gasteiger partial charge in [0.1, 0.15) is 0 Å². The van der Waals surface area contributed by atoms with E-state index in [1.54, 1.807) is 6.92 Å². The van der Waals surface area contributed by atoms with Crippen LogP contribution in [0.3, 0.4) is 0 Å². The summed E-state index contributed by atoms with van der Waals surface area (Å²) in [5.74, 6) is -2.17. The molecule has 8 heteroatoms. The second-order valence-corrected chi connectivity index (χ2v) is 6.10. The van der Waals surface area contributed by atoms with E-state index in [1.165, 1.54) is 25.1 Å². The number of hydrogen-bond donors (Lipinski definition) is 2. The van der Waals surface area contributed by atoms with Crippen LogP contribution in [0.2, 0.25) is 0 Å². The number of carbonyl (C=O) groups excluding carboxylic acids is 1. The van der Waals surface area contributed by atoms with Gasteiger partial charge < -0.3 is 9.84 Å². The van der Waals surface area contributed by atoms with Gasteiger partial charge in [0.25, 0.3) is 0 Å². The van der Waals surface area contributed by atoms with Crippen LogP contribution in [0.4, 0.5) is 5.69 Å². The fourth-order valence-electron chi connectivity index (χ4n) is 1.65. The predicted molar refractivity (Wildman–Crippen MR) is 76.8 cm³/mol. The van der Waals surface area contributed by atoms with Crippen LogP contribution in [0.25, 0.3) is 0 Å². The maximum Gasteiger partial charge on any atom is 0.336 e. The molecule has 2 N–H and O–H groups in total. The summed E-state index contributed by atoms with van der Waals surface area (Å²) in [5.41, 5.74) is 0.504. The van der Waals surface area contributed by atoms with Crippen molar-refractivity contribution in [3.05, 3.63) is 29.3 Å². The van der Waals surface area contributed by atoms with Gasteiger partial charge in [-0.15, -0.1) is 0 Å². The Balaban J connectivity index is 2.83. The van der Waals surface area contributed by atoms with Crippen molar-refractivity contribution in [3.8, 4) is 0 Å². The molecule has 0 bridgehead atoms. The lowest BCUT2D eigenvalue weighted by molar-refractivity contribution is -0.142. The van der Waals surface area contributed by atoms with E-state index >= 15 is 0 Å². The second-order valence-electron chi connectivity index (χ2n) is 4.26. The van der Waals surface area contributed by atoms with Gasteiger partial charge in [-0.3, -0.25) is 9.52 Å². The SMILES string of the molecule is CCOC(=O)CCS(=O)(=O)Nc1cccc(C(=O)O)c1C. The summed E-state index contributed by atoms with van der Waals surface area (Å²) >= 11 is 0. The van der Waals surface area contributed by atoms with E-state index in [1.807, 2.05) is 0 Å². The highest BCUT2D eigenvalue weighted by Gasteiger charge is 2.17. The molecule has 1 aromatic carbocycles. The molecule has 0 saturated heterocycles. The van der Waals surface area contributed by atoms with Crippen LogP contribution in [-0.2, 0) is 19.6 Å². The number of carbonyl (C=O) groups is 2. The maximum absolute atomic E-state index is 11.9. The first-order valence-electron chi connectivity index (χ1n) is 6.26. The van der Waals surface area contributed by atoms with Crippen molar-refractivity contribution in [3.63, 3.8) is 0 Å². The van der Waals surface area contributed by atoms with E-state index in [2.05, 4.69) is 9.46 Å². The van der Waals surface area contributed by atoms with Gasteiger partial charge in [0.2, 0.25) is 10.0 Å². The molecular weight excluding hydrogens is 298 g/mol. The molecule has 0 heterocycles. The average Bonchev–Trinajstić information content (AvgIpc) is 2.39. The third kappa shape index (κ3) is 5.07. The lowest BCUT2D eigenvalue weighted by Gasteiger charge is -2.11. The summed E-state index contributed by atoms with van der Waals surface area (Å²) < 4.78 is 30.7. The van der Waals surface area contributed by atoms with Crippen molar-refractivity contribution < 1.29 is 27.9 Å². The topological polar surface area (TPSA) is 110 Å². The molecule has 0 aromatic heterocycles. The van der Waals surface area contributed by atoms with Crippen LogP contribution in [0.5, 0.6) is 0 Å². The Morgan fingerprint density at radius 3 is 2.57 bits per heavy atom. The number of hydrogen-bond acceptors (Lipinski definition) is 5. The van der Waals surface area contributed by atoms with Gasteiger partial charge in [0.15, 0.2) is 0 Å². The lowest BCUT2D eigenvalue weighted by Crippen LogP contribution is -2.20. The van der Waals surface area contributed by atoms with Gasteiger partial charge in [-0.1, -0.05) is 6.07 Å². The zero-order chi connectivity index (χ0) is 16.0. The second kappa shape index (κ2) is 7.07. The Kier molecular flexibility index (Phi) is 5.71. The highest BCUT2D eigenvalue weighted by Crippen LogP contribution is 2.20. The average molecular weight is 315 g/mol. The van der Waals surface area contributed by atoms with Gasteiger partial charge >= 0.3 is 11.9 Å². The predicted octanol–water partition coefficient (Wildman–Crippen LogP) is 1.39. The number of esters is 1. The van der Waals surface area contributed by atoms with E-state index < -0.39 is 27.7 Å². The molecule has 0 unspecified atom stereocenters. The van der Waals surface area contributed by atoms with E-state index in [9.17, 15) is 18.0 Å². The molecule has 0 saturated carbocycles. The summed E-state index contributed by atoms with van der Waals surface area (Å²) in [5, 5.41) is 8.99. The number of carboxylic acid groups (broad SMARTS) is 1. The Hall–Kier alpha value is -2.09. The van der Waals surface area contributed by atoms with Crippen LogP contribution in [0, 0.1) is 6.92 Å². The van der Waals surface area contributed by atoms with E-state index in [-0.39, 0.29) is 24.3 Å². The van der Waals surface area contributed by atoms with Crippen LogP contribution in [-0.4, -0.2) is 37.8 Å². The van der Waals surface area contributed by atoms with Crippen molar-refractivity contribution in [2.24, 2.45) is 0 Å². The number of benzene rings is 1. The monoisotopic (exact) mass is 315 g/mol. The van der Waals surface area contributed by atoms with Crippen LogP contribution in [0.15, 0.2) is 18.2 Å². The van der Waals surface area contributed by atoms with Crippen molar-refractivity contribution >= 4 is 27.6 Å². The third-order valence-electron chi connectivity index (χ3n) is 2.71. The minimum absolute atomic E-state index is 0.0144. The number of anilines is 1. The molecule has 7 nitrogen and oxygen atoms in total. The zero-order valence-electron chi connectivity index (χ0n) is 11.8. The molecule has 0 amide bonds. The summed E-state index contributed by atoms with van der Waals surface area (Å²) in [6, 6.07) is 4.29. The Morgan fingerprint density at radius 2 is 2.00 bits per heavy atom. The van der Waals surface area contributed by atoms with Crippen molar-refractivity contribution in [1.82, 2.24) is 0 Å². The van der Waals surface area contributed by atoms with Crippen LogP contribution >= 0.6 is 0 Å². The van der Waals surface area contributed by atoms with E-state index in [0.29, 0.717) is 5.56 Å². The smallest absolute Gasteiger partial charge is 0.336 e. The van der Waals surface area contributed by atoms with Crippen LogP contribution in [0.1, 0.15) is 29.3 Å². The highest BCUT2D eigenvalue weighted by atomic mass is 32.2. The number of ether oxygens (including phenoxy) is 1. The molecule has 0 atom stereocenters. The van der Waals surface area contributed by atoms with Gasteiger partial charge in [0.05, 0.1) is 30.0 Å². The summed E-state index contributed by atoms with van der Waals surface area (Å²) in [4.78, 5) is 22.1. The molecule has 0 radical (unpaired) electrons. The molecule has 1 rings (SSSR count). The number of sulfonamides is 1. The molecule has 0 spiro atoms. The molecule has 0 fully saturated rings. The quantitative estimate of drug-likeness (QED) is 0.736. The summed E-state index contributed by atoms with van der Waals surface area (Å²) in [7, 11) is -3.76. The Bertz CT molecular complexity index is 638. The number of rotatable bonds is 7. The summed E-state index contributed by atoms with van der Waals surface area (Å²) in [6.07, 6.45) is -0.263. The van der Waals surface area contributed by atoms with Gasteiger partial charge in [-0.05, 0) is 31.5 Å². The molecule has 0 aliphatic rings. The van der Waals surface area contributed by atoms with Crippen molar-refractivity contribution in [2.45, 2.75) is 20.3 Å². The number of carboxylic acids is 1. The Morgan fingerprint density at radius 1 is 1.33 bits per heavy atom. The molecule has 116 valence electrons. The molecule has 0 aliphatic heterocycles. The van der Waals surface area contributed by atoms with Crippen molar-refractivity contribution in [2.75, 3.05) is 17.1 Å². The van der Waals surface area contributed by atoms with Crippen LogP contribution < -0.4 is 4.72 Å². The van der Waals surface area contributed by atoms with Gasteiger partial charge in [-0.25, -0.2) is 13.2 Å². The fraction of sp³-hybridized carbons (Fsp3) is 0.385. The Labute approximate surface area is 123 Å². The first-order chi connectivity index (χ1) is 9.76. The minimum atomic E-state index is -3.76. The van der Waals surface area contributed by atoms with E-state index in [0.717, 1.165) is 0 Å². The first kappa shape index (κ1) is 17.0. The molecule has 1 aromatic rings. The highest BCUT2D eigenvalue weighted by molar-refractivity contribution is 7.92.